The smallest absolute Gasteiger partial charge is 0.416 e. The van der Waals surface area contributed by atoms with Crippen molar-refractivity contribution >= 4 is 6.03 Å². The lowest BCUT2D eigenvalue weighted by atomic mass is 10.1. The van der Waals surface area contributed by atoms with Crippen molar-refractivity contribution in [2.75, 3.05) is 14.2 Å². The van der Waals surface area contributed by atoms with Crippen LogP contribution >= 0.6 is 0 Å². The number of nitrogens with one attached hydrogen (secondary N) is 1. The Bertz CT molecular complexity index is 1010. The highest BCUT2D eigenvalue weighted by Gasteiger charge is 2.30. The van der Waals surface area contributed by atoms with E-state index < -0.39 is 17.8 Å². The molecule has 31 heavy (non-hydrogen) atoms. The molecular weight excluding hydrogens is 409 g/mol. The summed E-state index contributed by atoms with van der Waals surface area (Å²) in [6.45, 7) is 0.153. The number of aryl methyl sites for hydroxylation is 1. The Balaban J connectivity index is 1.75. The molecule has 1 heterocycles. The number of nitrogens with zero attached hydrogens (tertiary/aromatic N) is 3. The predicted octanol–water partition coefficient (Wildman–Crippen LogP) is 4.38. The number of benzene rings is 2. The SMILES string of the molecule is COc1ccc(C(NC(=O)N(C)Cc2ccc(C(F)(F)F)cc2)c2nccn2C)cc1. The van der Waals surface area contributed by atoms with E-state index in [1.54, 1.807) is 38.7 Å². The largest absolute Gasteiger partial charge is 0.497 e. The van der Waals surface area contributed by atoms with E-state index in [1.165, 1.54) is 17.0 Å². The molecule has 0 aliphatic heterocycles. The number of amides is 2. The molecule has 1 N–H and O–H groups in total. The van der Waals surface area contributed by atoms with E-state index in [-0.39, 0.29) is 12.6 Å². The highest BCUT2D eigenvalue weighted by Crippen LogP contribution is 2.29. The third kappa shape index (κ3) is 5.36. The second-order valence-corrected chi connectivity index (χ2v) is 7.10. The van der Waals surface area contributed by atoms with Gasteiger partial charge in [0.05, 0.1) is 12.7 Å². The molecule has 2 amide bonds. The van der Waals surface area contributed by atoms with E-state index in [2.05, 4.69) is 10.3 Å². The Kier molecular flexibility index (Phi) is 6.53. The average molecular weight is 432 g/mol. The third-order valence-corrected chi connectivity index (χ3v) is 4.88. The van der Waals surface area contributed by atoms with Crippen molar-refractivity contribution in [1.82, 2.24) is 19.8 Å². The van der Waals surface area contributed by atoms with Gasteiger partial charge in [0.15, 0.2) is 0 Å². The Labute approximate surface area is 178 Å². The molecule has 0 saturated carbocycles. The second-order valence-electron chi connectivity index (χ2n) is 7.10. The minimum Gasteiger partial charge on any atom is -0.497 e. The van der Waals surface area contributed by atoms with Crippen LogP contribution in [-0.4, -0.2) is 34.6 Å². The van der Waals surface area contributed by atoms with Crippen molar-refractivity contribution in [3.8, 4) is 5.75 Å². The van der Waals surface area contributed by atoms with Crippen LogP contribution in [0, 0.1) is 0 Å². The van der Waals surface area contributed by atoms with Crippen molar-refractivity contribution < 1.29 is 22.7 Å². The molecule has 0 saturated heterocycles. The van der Waals surface area contributed by atoms with E-state index in [0.717, 1.165) is 17.7 Å². The van der Waals surface area contributed by atoms with E-state index in [0.29, 0.717) is 17.1 Å². The molecule has 0 bridgehead atoms. The molecule has 1 aromatic heterocycles. The number of carbonyl (C=O) groups excluding carboxylic acids is 1. The summed E-state index contributed by atoms with van der Waals surface area (Å²) in [7, 11) is 4.98. The maximum Gasteiger partial charge on any atom is 0.416 e. The average Bonchev–Trinajstić information content (AvgIpc) is 3.17. The molecule has 6 nitrogen and oxygen atoms in total. The summed E-state index contributed by atoms with van der Waals surface area (Å²) in [4.78, 5) is 18.6. The zero-order valence-electron chi connectivity index (χ0n) is 17.3. The minimum absolute atomic E-state index is 0.153. The number of imidazole rings is 1. The topological polar surface area (TPSA) is 59.4 Å². The molecule has 0 radical (unpaired) electrons. The van der Waals surface area contributed by atoms with Crippen molar-refractivity contribution in [2.45, 2.75) is 18.8 Å². The quantitative estimate of drug-likeness (QED) is 0.629. The van der Waals surface area contributed by atoms with Crippen molar-refractivity contribution in [2.24, 2.45) is 7.05 Å². The van der Waals surface area contributed by atoms with Crippen LogP contribution in [0.3, 0.4) is 0 Å². The first-order chi connectivity index (χ1) is 14.7. The van der Waals surface area contributed by atoms with Crippen LogP contribution in [0.15, 0.2) is 60.9 Å². The van der Waals surface area contributed by atoms with Gasteiger partial charge in [0.25, 0.3) is 0 Å². The van der Waals surface area contributed by atoms with Crippen LogP contribution < -0.4 is 10.1 Å². The molecule has 0 fully saturated rings. The highest BCUT2D eigenvalue weighted by atomic mass is 19.4. The zero-order chi connectivity index (χ0) is 22.6. The first kappa shape index (κ1) is 22.2. The Morgan fingerprint density at radius 3 is 2.32 bits per heavy atom. The Morgan fingerprint density at radius 1 is 1.16 bits per heavy atom. The lowest BCUT2D eigenvalue weighted by Gasteiger charge is -2.24. The lowest BCUT2D eigenvalue weighted by Crippen LogP contribution is -2.40. The summed E-state index contributed by atoms with van der Waals surface area (Å²) in [6.07, 6.45) is -0.969. The Morgan fingerprint density at radius 2 is 1.81 bits per heavy atom. The number of urea groups is 1. The maximum atomic E-state index is 12.9. The van der Waals surface area contributed by atoms with Gasteiger partial charge in [-0.1, -0.05) is 24.3 Å². The summed E-state index contributed by atoms with van der Waals surface area (Å²) in [5, 5.41) is 2.95. The standard InChI is InChI=1S/C22H23F3N4O2/c1-28-13-12-26-20(28)19(16-6-10-18(31-3)11-7-16)27-21(30)29(2)14-15-4-8-17(9-5-15)22(23,24)25/h4-13,19H,14H2,1-3H3,(H,27,30). The number of halogens is 3. The number of hydrogen-bond donors (Lipinski definition) is 1. The zero-order valence-corrected chi connectivity index (χ0v) is 17.3. The Hall–Kier alpha value is -3.49. The maximum absolute atomic E-state index is 12.9. The molecule has 0 aliphatic carbocycles. The van der Waals surface area contributed by atoms with Gasteiger partial charge >= 0.3 is 12.2 Å². The molecule has 0 spiro atoms. The summed E-state index contributed by atoms with van der Waals surface area (Å²) in [5.74, 6) is 1.33. The molecule has 1 unspecified atom stereocenters. The molecule has 3 aromatic rings. The summed E-state index contributed by atoms with van der Waals surface area (Å²) >= 11 is 0. The van der Waals surface area contributed by atoms with Gasteiger partial charge in [-0.15, -0.1) is 0 Å². The number of aromatic nitrogens is 2. The van der Waals surface area contributed by atoms with Crippen LogP contribution in [0.2, 0.25) is 0 Å². The molecule has 2 aromatic carbocycles. The van der Waals surface area contributed by atoms with Gasteiger partial charge in [-0.05, 0) is 35.4 Å². The van der Waals surface area contributed by atoms with Gasteiger partial charge < -0.3 is 19.5 Å². The van der Waals surface area contributed by atoms with Crippen LogP contribution in [0.4, 0.5) is 18.0 Å². The van der Waals surface area contributed by atoms with Crippen LogP contribution in [-0.2, 0) is 19.8 Å². The van der Waals surface area contributed by atoms with E-state index in [9.17, 15) is 18.0 Å². The van der Waals surface area contributed by atoms with Crippen LogP contribution in [0.25, 0.3) is 0 Å². The number of ether oxygens (including phenoxy) is 1. The number of alkyl halides is 3. The number of methoxy groups -OCH3 is 1. The highest BCUT2D eigenvalue weighted by molar-refractivity contribution is 5.75. The van der Waals surface area contributed by atoms with E-state index in [1.807, 2.05) is 23.7 Å². The molecule has 3 rings (SSSR count). The van der Waals surface area contributed by atoms with Gasteiger partial charge in [0.2, 0.25) is 0 Å². The van der Waals surface area contributed by atoms with Gasteiger partial charge in [-0.25, -0.2) is 9.78 Å². The molecule has 164 valence electrons. The third-order valence-electron chi connectivity index (χ3n) is 4.88. The molecule has 9 heteroatoms. The van der Waals surface area contributed by atoms with E-state index in [4.69, 9.17) is 4.74 Å². The van der Waals surface area contributed by atoms with Crippen molar-refractivity contribution in [1.29, 1.82) is 0 Å². The first-order valence-electron chi connectivity index (χ1n) is 9.48. The van der Waals surface area contributed by atoms with Gasteiger partial charge in [-0.2, -0.15) is 13.2 Å². The molecule has 0 aliphatic rings. The lowest BCUT2D eigenvalue weighted by molar-refractivity contribution is -0.137. The fourth-order valence-electron chi connectivity index (χ4n) is 3.13. The van der Waals surface area contributed by atoms with Gasteiger partial charge in [0, 0.05) is 33.0 Å². The fourth-order valence-corrected chi connectivity index (χ4v) is 3.13. The normalized spacial score (nSPS) is 12.3. The molecule has 1 atom stereocenters. The van der Waals surface area contributed by atoms with E-state index >= 15 is 0 Å². The number of rotatable bonds is 6. The van der Waals surface area contributed by atoms with Gasteiger partial charge in [-0.3, -0.25) is 0 Å². The predicted molar refractivity (Wildman–Crippen MR) is 109 cm³/mol. The number of hydrogen-bond acceptors (Lipinski definition) is 3. The van der Waals surface area contributed by atoms with Crippen LogP contribution in [0.1, 0.15) is 28.6 Å². The fraction of sp³-hybridized carbons (Fsp3) is 0.273. The van der Waals surface area contributed by atoms with Crippen molar-refractivity contribution in [3.63, 3.8) is 0 Å². The minimum atomic E-state index is -4.39. The second kappa shape index (κ2) is 9.11. The monoisotopic (exact) mass is 432 g/mol. The van der Waals surface area contributed by atoms with Crippen molar-refractivity contribution in [3.05, 3.63) is 83.4 Å². The van der Waals surface area contributed by atoms with Crippen LogP contribution in [0.5, 0.6) is 5.75 Å². The summed E-state index contributed by atoms with van der Waals surface area (Å²) < 4.78 is 45.2. The summed E-state index contributed by atoms with van der Waals surface area (Å²) in [5.41, 5.74) is 0.674. The summed E-state index contributed by atoms with van der Waals surface area (Å²) in [6, 6.07) is 11.1. The number of carbonyl (C=O) groups is 1. The van der Waals surface area contributed by atoms with Gasteiger partial charge in [0.1, 0.15) is 17.6 Å². The first-order valence-corrected chi connectivity index (χ1v) is 9.48. The molecular formula is C22H23F3N4O2.